The van der Waals surface area contributed by atoms with Gasteiger partial charge in [-0.15, -0.1) is 11.3 Å². The van der Waals surface area contributed by atoms with E-state index in [4.69, 9.17) is 28.9 Å². The van der Waals surface area contributed by atoms with Crippen molar-refractivity contribution in [2.75, 3.05) is 6.54 Å². The zero-order valence-corrected chi connectivity index (χ0v) is 8.43. The molecule has 1 unspecified atom stereocenters. The Hall–Kier alpha value is 0.240. The first kappa shape index (κ1) is 9.33. The lowest BCUT2D eigenvalue weighted by atomic mass is 10.1. The van der Waals surface area contributed by atoms with Gasteiger partial charge in [0.1, 0.15) is 0 Å². The van der Waals surface area contributed by atoms with Gasteiger partial charge >= 0.3 is 0 Å². The highest BCUT2D eigenvalue weighted by Crippen LogP contribution is 2.35. The van der Waals surface area contributed by atoms with Crippen LogP contribution in [0.4, 0.5) is 0 Å². The van der Waals surface area contributed by atoms with E-state index in [-0.39, 0.29) is 0 Å². The maximum atomic E-state index is 5.90. The monoisotopic (exact) mass is 209 g/mol. The van der Waals surface area contributed by atoms with E-state index in [1.807, 2.05) is 13.0 Å². The molecule has 62 valence electrons. The molecule has 1 atom stereocenters. The van der Waals surface area contributed by atoms with Crippen LogP contribution in [0.2, 0.25) is 8.67 Å². The van der Waals surface area contributed by atoms with Gasteiger partial charge in [-0.2, -0.15) is 0 Å². The van der Waals surface area contributed by atoms with E-state index < -0.39 is 0 Å². The van der Waals surface area contributed by atoms with E-state index in [0.717, 1.165) is 14.2 Å². The topological polar surface area (TPSA) is 26.0 Å². The van der Waals surface area contributed by atoms with Crippen molar-refractivity contribution in [2.45, 2.75) is 12.8 Å². The molecule has 2 N–H and O–H groups in total. The smallest absolute Gasteiger partial charge is 0.0979 e. The molecule has 1 rings (SSSR count). The third-order valence-electron chi connectivity index (χ3n) is 1.57. The second kappa shape index (κ2) is 3.76. The molecule has 1 heterocycles. The van der Waals surface area contributed by atoms with Gasteiger partial charge in [0, 0.05) is 0 Å². The Morgan fingerprint density at radius 1 is 1.64 bits per heavy atom. The summed E-state index contributed by atoms with van der Waals surface area (Å²) < 4.78 is 1.48. The number of hydrogen-bond acceptors (Lipinski definition) is 2. The molecule has 1 aromatic heterocycles. The Bertz CT molecular complexity index is 247. The highest BCUT2D eigenvalue weighted by Gasteiger charge is 2.11. The van der Waals surface area contributed by atoms with Crippen molar-refractivity contribution in [1.29, 1.82) is 0 Å². The van der Waals surface area contributed by atoms with Crippen molar-refractivity contribution < 1.29 is 0 Å². The van der Waals surface area contributed by atoms with Crippen LogP contribution in [-0.4, -0.2) is 6.54 Å². The van der Waals surface area contributed by atoms with Gasteiger partial charge in [0.05, 0.1) is 8.67 Å². The number of halogens is 2. The van der Waals surface area contributed by atoms with E-state index in [2.05, 4.69) is 0 Å². The minimum Gasteiger partial charge on any atom is -0.330 e. The normalized spacial score (nSPS) is 13.5. The second-order valence-corrected chi connectivity index (χ2v) is 4.70. The van der Waals surface area contributed by atoms with E-state index >= 15 is 0 Å². The highest BCUT2D eigenvalue weighted by molar-refractivity contribution is 7.20. The minimum atomic E-state index is 0.297. The standard InChI is InChI=1S/C7H9Cl2NS/c1-4(3-10)5-2-6(8)11-7(5)9/h2,4H,3,10H2,1H3. The molecular formula is C7H9Cl2NS. The summed E-state index contributed by atoms with van der Waals surface area (Å²) in [5.74, 6) is 0.297. The van der Waals surface area contributed by atoms with Crippen molar-refractivity contribution in [2.24, 2.45) is 5.73 Å². The van der Waals surface area contributed by atoms with Gasteiger partial charge in [-0.05, 0) is 24.1 Å². The Kier molecular flexibility index (Phi) is 3.19. The first-order valence-corrected chi connectivity index (χ1v) is 4.87. The van der Waals surface area contributed by atoms with Crippen LogP contribution in [-0.2, 0) is 0 Å². The molecular weight excluding hydrogens is 201 g/mol. The summed E-state index contributed by atoms with van der Waals surface area (Å²) in [4.78, 5) is 0. The molecule has 0 fully saturated rings. The lowest BCUT2D eigenvalue weighted by Crippen LogP contribution is -2.08. The lowest BCUT2D eigenvalue weighted by Gasteiger charge is -2.04. The van der Waals surface area contributed by atoms with Crippen molar-refractivity contribution in [3.63, 3.8) is 0 Å². The quantitative estimate of drug-likeness (QED) is 0.797. The molecule has 1 nitrogen and oxygen atoms in total. The SMILES string of the molecule is CC(CN)c1cc(Cl)sc1Cl. The van der Waals surface area contributed by atoms with Crippen LogP contribution in [0.25, 0.3) is 0 Å². The van der Waals surface area contributed by atoms with Gasteiger partial charge in [-0.1, -0.05) is 30.1 Å². The van der Waals surface area contributed by atoms with Crippen LogP contribution in [0.15, 0.2) is 6.07 Å². The van der Waals surface area contributed by atoms with Gasteiger partial charge in [-0.25, -0.2) is 0 Å². The average Bonchev–Trinajstić information content (AvgIpc) is 2.28. The molecule has 0 spiro atoms. The summed E-state index contributed by atoms with van der Waals surface area (Å²) in [6.45, 7) is 2.64. The van der Waals surface area contributed by atoms with Crippen molar-refractivity contribution >= 4 is 34.5 Å². The van der Waals surface area contributed by atoms with Crippen LogP contribution < -0.4 is 5.73 Å². The van der Waals surface area contributed by atoms with Crippen LogP contribution in [0.1, 0.15) is 18.4 Å². The first-order valence-electron chi connectivity index (χ1n) is 3.30. The molecule has 0 amide bonds. The molecule has 0 aliphatic carbocycles. The summed E-state index contributed by atoms with van der Waals surface area (Å²) in [5, 5.41) is 0. The summed E-state index contributed by atoms with van der Waals surface area (Å²) in [6, 6.07) is 1.88. The molecule has 0 aliphatic heterocycles. The van der Waals surface area contributed by atoms with Crippen LogP contribution in [0, 0.1) is 0 Å². The zero-order valence-electron chi connectivity index (χ0n) is 6.10. The predicted molar refractivity (Wildman–Crippen MR) is 51.8 cm³/mol. The molecule has 0 aromatic carbocycles. The van der Waals surface area contributed by atoms with Gasteiger partial charge in [0.2, 0.25) is 0 Å². The van der Waals surface area contributed by atoms with Gasteiger partial charge in [-0.3, -0.25) is 0 Å². The minimum absolute atomic E-state index is 0.297. The largest absolute Gasteiger partial charge is 0.330 e. The molecule has 0 saturated carbocycles. The molecule has 0 bridgehead atoms. The fourth-order valence-corrected chi connectivity index (χ4v) is 2.51. The molecule has 11 heavy (non-hydrogen) atoms. The molecule has 4 heteroatoms. The summed E-state index contributed by atoms with van der Waals surface area (Å²) in [7, 11) is 0. The Morgan fingerprint density at radius 3 is 2.64 bits per heavy atom. The maximum Gasteiger partial charge on any atom is 0.0979 e. The second-order valence-electron chi connectivity index (χ2n) is 2.42. The summed E-state index contributed by atoms with van der Waals surface area (Å²) >= 11 is 13.0. The van der Waals surface area contributed by atoms with E-state index in [9.17, 15) is 0 Å². The van der Waals surface area contributed by atoms with Gasteiger partial charge < -0.3 is 5.73 Å². The number of rotatable bonds is 2. The fraction of sp³-hybridized carbons (Fsp3) is 0.429. The number of hydrogen-bond donors (Lipinski definition) is 1. The van der Waals surface area contributed by atoms with Crippen molar-refractivity contribution in [3.8, 4) is 0 Å². The third-order valence-corrected chi connectivity index (χ3v) is 3.09. The summed E-state index contributed by atoms with van der Waals surface area (Å²) in [5.41, 5.74) is 6.54. The van der Waals surface area contributed by atoms with E-state index in [1.54, 1.807) is 0 Å². The van der Waals surface area contributed by atoms with E-state index in [1.165, 1.54) is 11.3 Å². The van der Waals surface area contributed by atoms with Crippen molar-refractivity contribution in [1.82, 2.24) is 0 Å². The first-order chi connectivity index (χ1) is 5.15. The van der Waals surface area contributed by atoms with Crippen LogP contribution in [0.5, 0.6) is 0 Å². The molecule has 0 radical (unpaired) electrons. The maximum absolute atomic E-state index is 5.90. The van der Waals surface area contributed by atoms with Gasteiger partial charge in [0.25, 0.3) is 0 Å². The van der Waals surface area contributed by atoms with Crippen molar-refractivity contribution in [3.05, 3.63) is 20.3 Å². The Morgan fingerprint density at radius 2 is 2.27 bits per heavy atom. The molecule has 1 aromatic rings. The Balaban J connectivity index is 2.93. The molecule has 0 saturated heterocycles. The van der Waals surface area contributed by atoms with Gasteiger partial charge in [0.15, 0.2) is 0 Å². The number of nitrogens with two attached hydrogens (primary N) is 1. The van der Waals surface area contributed by atoms with E-state index in [0.29, 0.717) is 12.5 Å². The fourth-order valence-electron chi connectivity index (χ4n) is 0.816. The highest BCUT2D eigenvalue weighted by atomic mass is 35.5. The zero-order chi connectivity index (χ0) is 8.43. The Labute approximate surface area is 80.1 Å². The van der Waals surface area contributed by atoms with Crippen LogP contribution in [0.3, 0.4) is 0 Å². The lowest BCUT2D eigenvalue weighted by molar-refractivity contribution is 0.778. The number of thiophene rings is 1. The third kappa shape index (κ3) is 2.09. The average molecular weight is 210 g/mol. The molecule has 0 aliphatic rings. The summed E-state index contributed by atoms with van der Waals surface area (Å²) in [6.07, 6.45) is 0. The van der Waals surface area contributed by atoms with Crippen LogP contribution >= 0.6 is 34.5 Å². The predicted octanol–water partition coefficient (Wildman–Crippen LogP) is 3.12.